The van der Waals surface area contributed by atoms with E-state index in [0.717, 1.165) is 11.4 Å². The second-order valence-corrected chi connectivity index (χ2v) is 8.56. The van der Waals surface area contributed by atoms with Gasteiger partial charge in [-0.2, -0.15) is 10.2 Å². The second kappa shape index (κ2) is 14.5. The molecule has 206 valence electrons. The number of anilines is 1. The van der Waals surface area contributed by atoms with E-state index in [0.29, 0.717) is 18.8 Å². The molecule has 1 unspecified atom stereocenters. The van der Waals surface area contributed by atoms with Crippen LogP contribution in [0.25, 0.3) is 0 Å². The predicted molar refractivity (Wildman–Crippen MR) is 135 cm³/mol. The average Bonchev–Trinajstić information content (AvgIpc) is 3.24. The van der Waals surface area contributed by atoms with Crippen LogP contribution in [0.15, 0.2) is 64.8 Å². The van der Waals surface area contributed by atoms with Crippen LogP contribution in [-0.2, 0) is 23.8 Å². The zero-order valence-electron chi connectivity index (χ0n) is 21.0. The van der Waals surface area contributed by atoms with Gasteiger partial charge in [0.25, 0.3) is 0 Å². The minimum absolute atomic E-state index is 0.132. The number of carboxylic acid groups (broad SMARTS) is 1. The highest BCUT2D eigenvalue weighted by atomic mass is 16.7. The number of esters is 1. The molecule has 0 bridgehead atoms. The first-order valence-electron chi connectivity index (χ1n) is 12.3. The van der Waals surface area contributed by atoms with Crippen molar-refractivity contribution in [2.75, 3.05) is 31.2 Å². The summed E-state index contributed by atoms with van der Waals surface area (Å²) < 4.78 is 16.4. The van der Waals surface area contributed by atoms with Crippen molar-refractivity contribution in [3.05, 3.63) is 54.6 Å². The van der Waals surface area contributed by atoms with E-state index in [1.165, 1.54) is 0 Å². The molecular formula is C26H33N3O9. The number of nitrogens with zero attached hydrogens (tertiary/aromatic N) is 3. The summed E-state index contributed by atoms with van der Waals surface area (Å²) in [5, 5.41) is 47.2. The Bertz CT molecular complexity index is 1050. The van der Waals surface area contributed by atoms with Crippen LogP contribution >= 0.6 is 0 Å². The van der Waals surface area contributed by atoms with Crippen LogP contribution < -0.4 is 4.90 Å². The van der Waals surface area contributed by atoms with Gasteiger partial charge in [0.2, 0.25) is 0 Å². The van der Waals surface area contributed by atoms with Crippen LogP contribution in [0.3, 0.4) is 0 Å². The van der Waals surface area contributed by atoms with Crippen molar-refractivity contribution in [3.8, 4) is 0 Å². The molecule has 1 aliphatic rings. The Hall–Kier alpha value is -3.42. The van der Waals surface area contributed by atoms with E-state index >= 15 is 0 Å². The number of aliphatic hydroxyl groups is 3. The summed E-state index contributed by atoms with van der Waals surface area (Å²) in [6.45, 7) is 2.51. The van der Waals surface area contributed by atoms with E-state index in [2.05, 4.69) is 10.2 Å². The van der Waals surface area contributed by atoms with E-state index in [4.69, 9.17) is 19.3 Å². The lowest BCUT2D eigenvalue weighted by Gasteiger charge is -2.24. The van der Waals surface area contributed by atoms with Gasteiger partial charge in [-0.15, -0.1) is 0 Å². The molecule has 0 radical (unpaired) electrons. The number of hydrogen-bond donors (Lipinski definition) is 4. The van der Waals surface area contributed by atoms with E-state index in [1.807, 2.05) is 66.4 Å². The van der Waals surface area contributed by atoms with Gasteiger partial charge in [0.05, 0.1) is 37.4 Å². The molecule has 12 nitrogen and oxygen atoms in total. The summed E-state index contributed by atoms with van der Waals surface area (Å²) >= 11 is 0. The van der Waals surface area contributed by atoms with Gasteiger partial charge in [-0.25, -0.2) is 0 Å². The Kier molecular flexibility index (Phi) is 11.1. The fourth-order valence-corrected chi connectivity index (χ4v) is 3.86. The van der Waals surface area contributed by atoms with Gasteiger partial charge in [-0.05, 0) is 43.3 Å². The van der Waals surface area contributed by atoms with Gasteiger partial charge in [0.1, 0.15) is 18.3 Å². The number of azo groups is 1. The smallest absolute Gasteiger partial charge is 0.306 e. The van der Waals surface area contributed by atoms with Crippen molar-refractivity contribution in [1.82, 2.24) is 0 Å². The molecule has 2 aromatic rings. The summed E-state index contributed by atoms with van der Waals surface area (Å²) in [4.78, 5) is 24.7. The molecule has 12 heteroatoms. The van der Waals surface area contributed by atoms with Crippen LogP contribution in [-0.4, -0.2) is 89.4 Å². The van der Waals surface area contributed by atoms with E-state index in [9.17, 15) is 24.9 Å². The number of rotatable bonds is 14. The number of benzene rings is 2. The van der Waals surface area contributed by atoms with Crippen molar-refractivity contribution < 1.29 is 44.2 Å². The first-order chi connectivity index (χ1) is 18.3. The fraction of sp³-hybridized carbons (Fsp3) is 0.462. The van der Waals surface area contributed by atoms with Crippen molar-refractivity contribution in [3.63, 3.8) is 0 Å². The molecule has 0 saturated carbocycles. The molecule has 1 saturated heterocycles. The number of hydrogen-bond acceptors (Lipinski definition) is 11. The molecule has 0 aliphatic carbocycles. The number of carbonyl (C=O) groups is 2. The quantitative estimate of drug-likeness (QED) is 0.209. The third-order valence-corrected chi connectivity index (χ3v) is 5.88. The topological polar surface area (TPSA) is 171 Å². The maximum absolute atomic E-state index is 12.0. The van der Waals surface area contributed by atoms with Crippen molar-refractivity contribution in [2.24, 2.45) is 10.2 Å². The molecule has 4 N–H and O–H groups in total. The first kappa shape index (κ1) is 29.1. The average molecular weight is 532 g/mol. The number of ether oxygens (including phenoxy) is 3. The van der Waals surface area contributed by atoms with Gasteiger partial charge in [0, 0.05) is 18.8 Å². The zero-order chi connectivity index (χ0) is 27.5. The first-order valence-corrected chi connectivity index (χ1v) is 12.3. The molecule has 5 atom stereocenters. The van der Waals surface area contributed by atoms with Crippen LogP contribution in [0, 0.1) is 0 Å². The fourth-order valence-electron chi connectivity index (χ4n) is 3.86. The molecule has 1 heterocycles. The number of carbonyl (C=O) groups excluding carboxylic acids is 1. The SMILES string of the molecule is CCN(CCOC1O[C@H]([C@H](O)CO)[C@H](OC(=O)CCC(=O)O)[C@H]1O)c1ccc(N=Nc2ccccc2)cc1. The molecular weight excluding hydrogens is 498 g/mol. The van der Waals surface area contributed by atoms with Gasteiger partial charge < -0.3 is 39.5 Å². The van der Waals surface area contributed by atoms with E-state index in [1.54, 1.807) is 0 Å². The largest absolute Gasteiger partial charge is 0.481 e. The van der Waals surface area contributed by atoms with Crippen molar-refractivity contribution >= 4 is 29.0 Å². The summed E-state index contributed by atoms with van der Waals surface area (Å²) in [5.74, 6) is -2.05. The lowest BCUT2D eigenvalue weighted by Crippen LogP contribution is -2.43. The third kappa shape index (κ3) is 8.30. The molecule has 38 heavy (non-hydrogen) atoms. The Balaban J connectivity index is 1.54. The highest BCUT2D eigenvalue weighted by Gasteiger charge is 2.49. The molecule has 1 fully saturated rings. The van der Waals surface area contributed by atoms with Crippen LogP contribution in [0.1, 0.15) is 19.8 Å². The molecule has 2 aromatic carbocycles. The minimum Gasteiger partial charge on any atom is -0.481 e. The summed E-state index contributed by atoms with van der Waals surface area (Å²) in [7, 11) is 0. The van der Waals surface area contributed by atoms with E-state index in [-0.39, 0.29) is 6.61 Å². The van der Waals surface area contributed by atoms with Crippen LogP contribution in [0.4, 0.5) is 17.1 Å². The van der Waals surface area contributed by atoms with Gasteiger partial charge >= 0.3 is 11.9 Å². The van der Waals surface area contributed by atoms with Gasteiger partial charge in [0.15, 0.2) is 12.4 Å². The van der Waals surface area contributed by atoms with E-state index < -0.39 is 62.1 Å². The number of aliphatic carboxylic acids is 1. The second-order valence-electron chi connectivity index (χ2n) is 8.56. The maximum Gasteiger partial charge on any atom is 0.306 e. The Labute approximate surface area is 220 Å². The molecule has 0 spiro atoms. The zero-order valence-corrected chi connectivity index (χ0v) is 21.0. The molecule has 3 rings (SSSR count). The summed E-state index contributed by atoms with van der Waals surface area (Å²) in [6.07, 6.45) is -7.54. The lowest BCUT2D eigenvalue weighted by atomic mass is 10.1. The Morgan fingerprint density at radius 2 is 1.71 bits per heavy atom. The minimum atomic E-state index is -1.45. The molecule has 0 amide bonds. The molecule has 1 aliphatic heterocycles. The van der Waals surface area contributed by atoms with Gasteiger partial charge in [-0.1, -0.05) is 18.2 Å². The number of aliphatic hydroxyl groups excluding tert-OH is 3. The predicted octanol–water partition coefficient (Wildman–Crippen LogP) is 2.16. The number of carboxylic acids is 1. The van der Waals surface area contributed by atoms with Crippen LogP contribution in [0.5, 0.6) is 0 Å². The van der Waals surface area contributed by atoms with Gasteiger partial charge in [-0.3, -0.25) is 9.59 Å². The van der Waals surface area contributed by atoms with Crippen LogP contribution in [0.2, 0.25) is 0 Å². The summed E-state index contributed by atoms with van der Waals surface area (Å²) in [5.41, 5.74) is 2.37. The van der Waals surface area contributed by atoms with Crippen molar-refractivity contribution in [1.29, 1.82) is 0 Å². The van der Waals surface area contributed by atoms with Crippen molar-refractivity contribution in [2.45, 2.75) is 50.5 Å². The standard InChI is InChI=1S/C26H33N3O9/c1-2-29(19-10-8-18(9-11-19)28-27-17-6-4-3-5-7-17)14-15-36-26-23(35)25(24(38-26)20(31)16-30)37-22(34)13-12-21(32)33/h3-11,20,23-26,30-31,35H,2,12-16H2,1H3,(H,32,33)/t20-,23-,24-,25-,26?/m1/s1. The normalized spacial score (nSPS) is 21.9. The molecule has 0 aromatic heterocycles. The maximum atomic E-state index is 12.0. The lowest BCUT2D eigenvalue weighted by molar-refractivity contribution is -0.179. The Morgan fingerprint density at radius 1 is 1.05 bits per heavy atom. The monoisotopic (exact) mass is 531 g/mol. The number of likely N-dealkylation sites (N-methyl/N-ethyl adjacent to an activating group) is 1. The third-order valence-electron chi connectivity index (χ3n) is 5.88. The highest BCUT2D eigenvalue weighted by molar-refractivity contribution is 5.76. The summed E-state index contributed by atoms with van der Waals surface area (Å²) in [6, 6.07) is 16.9. The highest BCUT2D eigenvalue weighted by Crippen LogP contribution is 2.28. The Morgan fingerprint density at radius 3 is 2.32 bits per heavy atom.